The second-order valence-electron chi connectivity index (χ2n) is 5.79. The first-order chi connectivity index (χ1) is 11.4. The zero-order valence-corrected chi connectivity index (χ0v) is 14.1. The van der Waals surface area contributed by atoms with Gasteiger partial charge in [0.25, 0.3) is 0 Å². The Morgan fingerprint density at radius 1 is 1.12 bits per heavy atom. The summed E-state index contributed by atoms with van der Waals surface area (Å²) in [5, 5.41) is 0. The Morgan fingerprint density at radius 2 is 1.79 bits per heavy atom. The number of nitrogens with one attached hydrogen (secondary N) is 1. The number of H-pyrrole nitrogens is 1. The normalized spacial score (nSPS) is 11.8. The number of rotatable bonds is 7. The molecule has 0 fully saturated rings. The highest BCUT2D eigenvalue weighted by atomic mass is 16.5. The van der Waals surface area contributed by atoms with E-state index in [1.54, 1.807) is 12.1 Å². The van der Waals surface area contributed by atoms with Crippen molar-refractivity contribution < 1.29 is 19.1 Å². The predicted octanol–water partition coefficient (Wildman–Crippen LogP) is 3.77. The van der Waals surface area contributed by atoms with Crippen LogP contribution >= 0.6 is 0 Å². The molecule has 1 aromatic carbocycles. The number of esters is 1. The number of carbonyl (C=O) groups excluding carboxylic acids is 3. The van der Waals surface area contributed by atoms with E-state index in [0.29, 0.717) is 17.0 Å². The molecule has 0 aliphatic rings. The van der Waals surface area contributed by atoms with Crippen molar-refractivity contribution in [2.45, 2.75) is 33.1 Å². The second-order valence-corrected chi connectivity index (χ2v) is 5.79. The number of ketones is 2. The molecule has 24 heavy (non-hydrogen) atoms. The van der Waals surface area contributed by atoms with Crippen LogP contribution in [0.3, 0.4) is 0 Å². The smallest absolute Gasteiger partial charge is 0.355 e. The fourth-order valence-corrected chi connectivity index (χ4v) is 2.24. The highest BCUT2D eigenvalue weighted by molar-refractivity contribution is 6.00. The zero-order chi connectivity index (χ0) is 17.7. The molecule has 1 aromatic heterocycles. The van der Waals surface area contributed by atoms with Crippen molar-refractivity contribution in [1.82, 2.24) is 4.98 Å². The molecule has 2 rings (SSSR count). The molecule has 126 valence electrons. The summed E-state index contributed by atoms with van der Waals surface area (Å²) in [7, 11) is 0. The first-order valence-corrected chi connectivity index (χ1v) is 7.92. The van der Waals surface area contributed by atoms with Gasteiger partial charge in [-0.15, -0.1) is 0 Å². The van der Waals surface area contributed by atoms with Crippen molar-refractivity contribution in [1.29, 1.82) is 0 Å². The molecule has 0 bridgehead atoms. The summed E-state index contributed by atoms with van der Waals surface area (Å²) in [4.78, 5) is 37.9. The fraction of sp³-hybridized carbons (Fsp3) is 0.316. The quantitative estimate of drug-likeness (QED) is 0.620. The number of ether oxygens (including phenoxy) is 1. The van der Waals surface area contributed by atoms with Crippen molar-refractivity contribution in [2.24, 2.45) is 0 Å². The third-order valence-electron chi connectivity index (χ3n) is 4.06. The molecule has 5 heteroatoms. The predicted molar refractivity (Wildman–Crippen MR) is 90.6 cm³/mol. The Kier molecular flexibility index (Phi) is 5.68. The number of hydrogen-bond donors (Lipinski definition) is 1. The van der Waals surface area contributed by atoms with E-state index in [2.05, 4.69) is 18.8 Å². The summed E-state index contributed by atoms with van der Waals surface area (Å²) in [6, 6.07) is 8.76. The Labute approximate surface area is 141 Å². The number of aromatic amines is 1. The van der Waals surface area contributed by atoms with Gasteiger partial charge >= 0.3 is 5.97 Å². The molecule has 0 radical (unpaired) electrons. The average Bonchev–Trinajstić information content (AvgIpc) is 3.09. The molecule has 0 aliphatic carbocycles. The third kappa shape index (κ3) is 4.19. The van der Waals surface area contributed by atoms with Gasteiger partial charge in [-0.1, -0.05) is 38.1 Å². The summed E-state index contributed by atoms with van der Waals surface area (Å²) >= 11 is 0. The van der Waals surface area contributed by atoms with Gasteiger partial charge in [0.05, 0.1) is 0 Å². The average molecular weight is 327 g/mol. The van der Waals surface area contributed by atoms with Crippen molar-refractivity contribution >= 4 is 17.5 Å². The topological polar surface area (TPSA) is 76.2 Å². The van der Waals surface area contributed by atoms with Crippen LogP contribution in [0, 0.1) is 0 Å². The summed E-state index contributed by atoms with van der Waals surface area (Å²) in [6.45, 7) is 5.31. The molecular formula is C19H21NO4. The SMILES string of the molecule is CC[C@@H](C)c1ccc(C(=O)COC(=O)c2cc(C(C)=O)c[nH]2)cc1. The summed E-state index contributed by atoms with van der Waals surface area (Å²) in [6.07, 6.45) is 2.47. The van der Waals surface area contributed by atoms with Crippen LogP contribution in [-0.2, 0) is 4.74 Å². The lowest BCUT2D eigenvalue weighted by atomic mass is 9.97. The van der Waals surface area contributed by atoms with Crippen LogP contribution in [0.25, 0.3) is 0 Å². The van der Waals surface area contributed by atoms with Crippen LogP contribution in [0.4, 0.5) is 0 Å². The van der Waals surface area contributed by atoms with Crippen molar-refractivity contribution in [3.05, 3.63) is 58.9 Å². The maximum Gasteiger partial charge on any atom is 0.355 e. The molecule has 0 amide bonds. The van der Waals surface area contributed by atoms with Gasteiger partial charge in [0.2, 0.25) is 0 Å². The molecule has 0 aliphatic heterocycles. The number of hydrogen-bond acceptors (Lipinski definition) is 4. The van der Waals surface area contributed by atoms with Crippen molar-refractivity contribution in [2.75, 3.05) is 6.61 Å². The standard InChI is InChI=1S/C19H21NO4/c1-4-12(2)14-5-7-15(8-6-14)18(22)11-24-19(23)17-9-16(10-20-17)13(3)21/h5-10,12,20H,4,11H2,1-3H3/t12-/m1/s1. The van der Waals surface area contributed by atoms with Crippen molar-refractivity contribution in [3.63, 3.8) is 0 Å². The Hall–Kier alpha value is -2.69. The lowest BCUT2D eigenvalue weighted by molar-refractivity contribution is 0.0469. The van der Waals surface area contributed by atoms with E-state index in [1.807, 2.05) is 12.1 Å². The minimum Gasteiger partial charge on any atom is -0.453 e. The minimum atomic E-state index is -0.660. The monoisotopic (exact) mass is 327 g/mol. The van der Waals surface area contributed by atoms with Gasteiger partial charge in [0.15, 0.2) is 18.2 Å². The molecule has 2 aromatic rings. The van der Waals surface area contributed by atoms with E-state index in [-0.39, 0.29) is 23.9 Å². The maximum absolute atomic E-state index is 12.1. The van der Waals surface area contributed by atoms with Gasteiger partial charge in [-0.3, -0.25) is 9.59 Å². The largest absolute Gasteiger partial charge is 0.453 e. The van der Waals surface area contributed by atoms with Gasteiger partial charge in [-0.2, -0.15) is 0 Å². The van der Waals surface area contributed by atoms with Crippen molar-refractivity contribution in [3.8, 4) is 0 Å². The highest BCUT2D eigenvalue weighted by Crippen LogP contribution is 2.19. The van der Waals surface area contributed by atoms with E-state index < -0.39 is 5.97 Å². The molecule has 0 unspecified atom stereocenters. The summed E-state index contributed by atoms with van der Waals surface area (Å²) in [5.41, 5.74) is 2.23. The van der Waals surface area contributed by atoms with Crippen LogP contribution in [0.15, 0.2) is 36.5 Å². The first-order valence-electron chi connectivity index (χ1n) is 7.92. The van der Waals surface area contributed by atoms with E-state index in [4.69, 9.17) is 4.74 Å². The van der Waals surface area contributed by atoms with Crippen LogP contribution < -0.4 is 0 Å². The van der Waals surface area contributed by atoms with E-state index in [0.717, 1.165) is 6.42 Å². The van der Waals surface area contributed by atoms with Gasteiger partial charge in [0.1, 0.15) is 5.69 Å². The van der Waals surface area contributed by atoms with Gasteiger partial charge in [-0.05, 0) is 30.9 Å². The zero-order valence-electron chi connectivity index (χ0n) is 14.1. The Morgan fingerprint density at radius 3 is 2.33 bits per heavy atom. The van der Waals surface area contributed by atoms with Gasteiger partial charge < -0.3 is 9.72 Å². The molecule has 1 N–H and O–H groups in total. The Balaban J connectivity index is 1.94. The highest BCUT2D eigenvalue weighted by Gasteiger charge is 2.15. The molecule has 0 saturated carbocycles. The molecule has 5 nitrogen and oxygen atoms in total. The number of carbonyl (C=O) groups is 3. The van der Waals surface area contributed by atoms with Crippen LogP contribution in [0.5, 0.6) is 0 Å². The van der Waals surface area contributed by atoms with E-state index in [1.165, 1.54) is 24.8 Å². The van der Waals surface area contributed by atoms with Gasteiger partial charge in [-0.25, -0.2) is 4.79 Å². The van der Waals surface area contributed by atoms with E-state index >= 15 is 0 Å². The molecular weight excluding hydrogens is 306 g/mol. The Bertz CT molecular complexity index is 743. The van der Waals surface area contributed by atoms with Gasteiger partial charge in [0, 0.05) is 17.3 Å². The van der Waals surface area contributed by atoms with Crippen LogP contribution in [-0.4, -0.2) is 29.1 Å². The fourth-order valence-electron chi connectivity index (χ4n) is 2.24. The minimum absolute atomic E-state index is 0.150. The van der Waals surface area contributed by atoms with Crippen LogP contribution in [0.2, 0.25) is 0 Å². The lowest BCUT2D eigenvalue weighted by Crippen LogP contribution is -2.14. The first kappa shape index (κ1) is 17.7. The molecule has 0 spiro atoms. The maximum atomic E-state index is 12.1. The summed E-state index contributed by atoms with van der Waals surface area (Å²) in [5.74, 6) is -0.637. The number of Topliss-reactive ketones (excluding diaryl/α,β-unsaturated/α-hetero) is 2. The van der Waals surface area contributed by atoms with E-state index in [9.17, 15) is 14.4 Å². The van der Waals surface area contributed by atoms with Crippen LogP contribution in [0.1, 0.15) is 69.9 Å². The molecule has 1 atom stereocenters. The molecule has 0 saturated heterocycles. The number of aromatic nitrogens is 1. The lowest BCUT2D eigenvalue weighted by Gasteiger charge is -2.09. The number of benzene rings is 1. The summed E-state index contributed by atoms with van der Waals surface area (Å²) < 4.78 is 5.01. The second kappa shape index (κ2) is 7.73. The third-order valence-corrected chi connectivity index (χ3v) is 4.06. The molecule has 1 heterocycles.